The predicted molar refractivity (Wildman–Crippen MR) is 161 cm³/mol. The Labute approximate surface area is 234 Å². The summed E-state index contributed by atoms with van der Waals surface area (Å²) in [6.07, 6.45) is 3.03. The van der Waals surface area contributed by atoms with E-state index in [4.69, 9.17) is 21.6 Å². The van der Waals surface area contributed by atoms with Gasteiger partial charge in [-0.05, 0) is 80.6 Å². The minimum Gasteiger partial charge on any atom is -0.365 e. The summed E-state index contributed by atoms with van der Waals surface area (Å²) in [6, 6.07) is 17.5. The van der Waals surface area contributed by atoms with Crippen molar-refractivity contribution in [1.29, 1.82) is 0 Å². The van der Waals surface area contributed by atoms with Crippen molar-refractivity contribution >= 4 is 34.3 Å². The van der Waals surface area contributed by atoms with Crippen molar-refractivity contribution in [2.75, 3.05) is 63.6 Å². The van der Waals surface area contributed by atoms with Gasteiger partial charge in [-0.2, -0.15) is 4.98 Å². The molecular weight excluding hydrogens is 510 g/mol. The van der Waals surface area contributed by atoms with Crippen LogP contribution in [0.1, 0.15) is 12.0 Å². The fourth-order valence-corrected chi connectivity index (χ4v) is 5.16. The maximum absolute atomic E-state index is 11.9. The Morgan fingerprint density at radius 1 is 0.974 bits per heavy atom. The molecule has 204 valence electrons. The average molecular weight is 546 g/mol. The topological polar surface area (TPSA) is 69.5 Å². The molecule has 2 aromatic heterocycles. The quantitative estimate of drug-likeness (QED) is 0.335. The summed E-state index contributed by atoms with van der Waals surface area (Å²) in [5.41, 5.74) is 3.90. The summed E-state index contributed by atoms with van der Waals surface area (Å²) >= 11 is 6.23. The van der Waals surface area contributed by atoms with Gasteiger partial charge in [-0.3, -0.25) is 9.69 Å². The summed E-state index contributed by atoms with van der Waals surface area (Å²) in [4.78, 5) is 29.0. The van der Waals surface area contributed by atoms with Crippen molar-refractivity contribution < 1.29 is 0 Å². The molecule has 0 amide bonds. The summed E-state index contributed by atoms with van der Waals surface area (Å²) in [5.74, 6) is 1.54. The molecule has 1 N–H and O–H groups in total. The molecule has 1 aliphatic rings. The van der Waals surface area contributed by atoms with Gasteiger partial charge in [0.2, 0.25) is 11.5 Å². The summed E-state index contributed by atoms with van der Waals surface area (Å²) in [6.45, 7) is 6.63. The monoisotopic (exact) mass is 545 g/mol. The number of benzene rings is 2. The van der Waals surface area contributed by atoms with E-state index in [0.29, 0.717) is 11.6 Å². The first-order chi connectivity index (χ1) is 18.9. The normalized spacial score (nSPS) is 14.3. The van der Waals surface area contributed by atoms with Gasteiger partial charge >= 0.3 is 0 Å². The van der Waals surface area contributed by atoms with Crippen molar-refractivity contribution in [3.8, 4) is 11.1 Å². The van der Waals surface area contributed by atoms with E-state index in [1.165, 1.54) is 6.42 Å². The zero-order chi connectivity index (χ0) is 27.4. The van der Waals surface area contributed by atoms with Gasteiger partial charge in [-0.15, -0.1) is 0 Å². The van der Waals surface area contributed by atoms with Crippen LogP contribution in [0.5, 0.6) is 0 Å². The lowest BCUT2D eigenvalue weighted by atomic mass is 10.0. The molecule has 2 aromatic carbocycles. The number of nitrogens with zero attached hydrogens (tertiary/aromatic N) is 6. The van der Waals surface area contributed by atoms with Crippen molar-refractivity contribution in [3.63, 3.8) is 0 Å². The van der Waals surface area contributed by atoms with E-state index in [-0.39, 0.29) is 5.56 Å². The average Bonchev–Trinajstić information content (AvgIpc) is 2.93. The van der Waals surface area contributed by atoms with Gasteiger partial charge in [0.25, 0.3) is 0 Å². The molecule has 3 heterocycles. The van der Waals surface area contributed by atoms with Crippen LogP contribution < -0.4 is 15.8 Å². The number of aromatic nitrogens is 3. The van der Waals surface area contributed by atoms with Crippen LogP contribution in [-0.4, -0.2) is 77.7 Å². The molecule has 4 aromatic rings. The summed E-state index contributed by atoms with van der Waals surface area (Å²) in [7, 11) is 6.01. The number of anilines is 2. The second kappa shape index (κ2) is 12.2. The van der Waals surface area contributed by atoms with Crippen LogP contribution in [0, 0.1) is 0 Å². The Morgan fingerprint density at radius 2 is 1.77 bits per heavy atom. The van der Waals surface area contributed by atoms with E-state index in [2.05, 4.69) is 52.3 Å². The van der Waals surface area contributed by atoms with Crippen LogP contribution in [0.15, 0.2) is 65.6 Å². The fourth-order valence-electron chi connectivity index (χ4n) is 4.95. The van der Waals surface area contributed by atoms with E-state index in [9.17, 15) is 4.79 Å². The van der Waals surface area contributed by atoms with Gasteiger partial charge in [0.1, 0.15) is 5.82 Å². The molecule has 0 atom stereocenters. The maximum atomic E-state index is 11.9. The highest BCUT2D eigenvalue weighted by atomic mass is 35.5. The second-order valence-corrected chi connectivity index (χ2v) is 10.9. The minimum atomic E-state index is -0.0332. The number of rotatable bonds is 9. The largest absolute Gasteiger partial charge is 0.365 e. The molecule has 39 heavy (non-hydrogen) atoms. The number of aryl methyl sites for hydroxylation is 1. The Kier molecular flexibility index (Phi) is 8.45. The molecule has 1 aliphatic heterocycles. The highest BCUT2D eigenvalue weighted by Crippen LogP contribution is 2.29. The van der Waals surface area contributed by atoms with Crippen molar-refractivity contribution in [1.82, 2.24) is 24.3 Å². The van der Waals surface area contributed by atoms with Gasteiger partial charge in [-0.1, -0.05) is 29.8 Å². The molecule has 8 nitrogen and oxygen atoms in total. The number of nitrogens with one attached hydrogen (secondary N) is 1. The number of piperazine rings is 1. The molecule has 1 saturated heterocycles. The molecule has 1 fully saturated rings. The highest BCUT2D eigenvalue weighted by molar-refractivity contribution is 6.30. The van der Waals surface area contributed by atoms with Gasteiger partial charge in [-0.25, -0.2) is 4.98 Å². The first kappa shape index (κ1) is 27.1. The van der Waals surface area contributed by atoms with E-state index in [1.54, 1.807) is 17.7 Å². The zero-order valence-electron chi connectivity index (χ0n) is 22.9. The van der Waals surface area contributed by atoms with Crippen LogP contribution >= 0.6 is 11.6 Å². The van der Waals surface area contributed by atoms with E-state index >= 15 is 0 Å². The van der Waals surface area contributed by atoms with Crippen LogP contribution in [0.25, 0.3) is 22.0 Å². The van der Waals surface area contributed by atoms with Crippen LogP contribution in [0.3, 0.4) is 0 Å². The smallest absolute Gasteiger partial charge is 0.250 e. The van der Waals surface area contributed by atoms with Crippen molar-refractivity contribution in [2.45, 2.75) is 13.0 Å². The third-order valence-electron chi connectivity index (χ3n) is 7.19. The molecule has 0 spiro atoms. The predicted octanol–water partition coefficient (Wildman–Crippen LogP) is 4.33. The molecule has 0 saturated carbocycles. The SMILES string of the molecule is CN(C)CCCN1CCN(c2nc(NCc3cccc(Cl)c3)c3cc(-c4ccc(=O)n(C)c4)ccc3n2)CC1. The minimum absolute atomic E-state index is 0.0332. The number of pyridine rings is 1. The van der Waals surface area contributed by atoms with Gasteiger partial charge in [0.05, 0.1) is 5.52 Å². The molecule has 9 heteroatoms. The fraction of sp³-hybridized carbons (Fsp3) is 0.367. The molecule has 5 rings (SSSR count). The van der Waals surface area contributed by atoms with Crippen LogP contribution in [0.4, 0.5) is 11.8 Å². The van der Waals surface area contributed by atoms with Crippen molar-refractivity contribution in [3.05, 3.63) is 81.7 Å². The highest BCUT2D eigenvalue weighted by Gasteiger charge is 2.20. The van der Waals surface area contributed by atoms with E-state index in [0.717, 1.165) is 78.6 Å². The Morgan fingerprint density at radius 3 is 2.51 bits per heavy atom. The lowest BCUT2D eigenvalue weighted by molar-refractivity contribution is 0.241. The van der Waals surface area contributed by atoms with Gasteiger partial charge < -0.3 is 19.7 Å². The first-order valence-electron chi connectivity index (χ1n) is 13.4. The number of hydrogen-bond donors (Lipinski definition) is 1. The van der Waals surface area contributed by atoms with Gasteiger partial charge in [0.15, 0.2) is 0 Å². The molecule has 0 bridgehead atoms. The lowest BCUT2D eigenvalue weighted by Crippen LogP contribution is -2.47. The van der Waals surface area contributed by atoms with Crippen molar-refractivity contribution in [2.24, 2.45) is 7.05 Å². The number of hydrogen-bond acceptors (Lipinski definition) is 7. The first-order valence-corrected chi connectivity index (χ1v) is 13.8. The van der Waals surface area contributed by atoms with E-state index < -0.39 is 0 Å². The Bertz CT molecular complexity index is 1490. The molecule has 0 radical (unpaired) electrons. The third-order valence-corrected chi connectivity index (χ3v) is 7.42. The standard InChI is InChI=1S/C30H36ClN7O/c1-35(2)12-5-13-37-14-16-38(17-15-37)30-33-27-10-8-23(24-9-11-28(39)36(3)21-24)19-26(27)29(34-30)32-20-22-6-4-7-25(31)18-22/h4,6-11,18-19,21H,5,12-17,20H2,1-3H3,(H,32,33,34). The Hall–Kier alpha value is -3.46. The molecular formula is C30H36ClN7O. The summed E-state index contributed by atoms with van der Waals surface area (Å²) in [5, 5.41) is 5.20. The van der Waals surface area contributed by atoms with E-state index in [1.807, 2.05) is 36.5 Å². The summed E-state index contributed by atoms with van der Waals surface area (Å²) < 4.78 is 1.59. The van der Waals surface area contributed by atoms with Crippen LogP contribution in [0.2, 0.25) is 5.02 Å². The Balaban J connectivity index is 1.43. The lowest BCUT2D eigenvalue weighted by Gasteiger charge is -2.35. The number of fused-ring (bicyclic) bond motifs is 1. The van der Waals surface area contributed by atoms with Gasteiger partial charge in [0, 0.05) is 62.4 Å². The maximum Gasteiger partial charge on any atom is 0.250 e. The molecule has 0 unspecified atom stereocenters. The number of halogens is 1. The molecule has 0 aliphatic carbocycles. The second-order valence-electron chi connectivity index (χ2n) is 10.4. The van der Waals surface area contributed by atoms with Crippen LogP contribution in [-0.2, 0) is 13.6 Å². The zero-order valence-corrected chi connectivity index (χ0v) is 23.7. The third kappa shape index (κ3) is 6.76.